The molecule has 2 N–H and O–H groups in total. The summed E-state index contributed by atoms with van der Waals surface area (Å²) in [6.07, 6.45) is 7.09. The first kappa shape index (κ1) is 34.1. The van der Waals surface area contributed by atoms with Crippen LogP contribution in [0.25, 0.3) is 0 Å². The van der Waals surface area contributed by atoms with Crippen LogP contribution in [-0.4, -0.2) is 95.2 Å². The van der Waals surface area contributed by atoms with Crippen LogP contribution in [-0.2, 0) is 27.3 Å². The quantitative estimate of drug-likeness (QED) is 0.205. The molecule has 6 rings (SSSR count). The molecule has 3 heterocycles. The standard InChI is InChI=1S/C39H45N5O5/c1-5-7-11-29(6-2)33(30-12-9-8-10-13-30)24-42-25-35-43(34(38(42)47)22-27-14-18-31(45)19-15-27)36(46)26-41(3)44(35)39-37(49-39)40-23-28-16-20-32(48-4)21-17-28/h5-21,33-35,37,39-40,45H,1,22-26H2,2-4H3/b11-7-,29-6+/t33?,34-,35-,37?,39?/m0/s1. The van der Waals surface area contributed by atoms with Crippen molar-refractivity contribution < 1.29 is 24.2 Å². The largest absolute Gasteiger partial charge is 0.508 e. The number of phenolic OH excluding ortho intramolecular Hbond substituents is 1. The molecule has 0 saturated carbocycles. The third kappa shape index (κ3) is 7.63. The predicted octanol–water partition coefficient (Wildman–Crippen LogP) is 4.42. The molecule has 0 aliphatic carbocycles. The number of hydrogen-bond acceptors (Lipinski definition) is 8. The highest BCUT2D eigenvalue weighted by atomic mass is 16.6. The summed E-state index contributed by atoms with van der Waals surface area (Å²) in [6.45, 7) is 7.33. The Morgan fingerprint density at radius 3 is 2.45 bits per heavy atom. The van der Waals surface area contributed by atoms with Crippen molar-refractivity contribution in [1.29, 1.82) is 0 Å². The Morgan fingerprint density at radius 2 is 1.78 bits per heavy atom. The van der Waals surface area contributed by atoms with Crippen molar-refractivity contribution in [3.05, 3.63) is 132 Å². The number of benzene rings is 3. The van der Waals surface area contributed by atoms with Gasteiger partial charge in [-0.2, -0.15) is 5.01 Å². The summed E-state index contributed by atoms with van der Waals surface area (Å²) in [6, 6.07) is 24.2. The van der Waals surface area contributed by atoms with Gasteiger partial charge in [0.15, 0.2) is 12.5 Å². The van der Waals surface area contributed by atoms with Gasteiger partial charge in [-0.25, -0.2) is 5.01 Å². The number of ether oxygens (including phenoxy) is 2. The van der Waals surface area contributed by atoms with Crippen LogP contribution in [0.3, 0.4) is 0 Å². The van der Waals surface area contributed by atoms with Crippen LogP contribution in [0, 0.1) is 0 Å². The van der Waals surface area contributed by atoms with Gasteiger partial charge in [-0.3, -0.25) is 14.9 Å². The molecule has 0 spiro atoms. The summed E-state index contributed by atoms with van der Waals surface area (Å²) in [5.41, 5.74) is 4.12. The van der Waals surface area contributed by atoms with Crippen LogP contribution >= 0.6 is 0 Å². The lowest BCUT2D eigenvalue weighted by Gasteiger charge is -2.55. The molecule has 3 unspecified atom stereocenters. The van der Waals surface area contributed by atoms with E-state index in [1.165, 1.54) is 0 Å². The van der Waals surface area contributed by atoms with E-state index in [0.717, 1.165) is 28.0 Å². The van der Waals surface area contributed by atoms with E-state index < -0.39 is 12.2 Å². The normalized spacial score (nSPS) is 23.9. The second-order valence-corrected chi connectivity index (χ2v) is 12.6. The summed E-state index contributed by atoms with van der Waals surface area (Å²) in [4.78, 5) is 32.1. The number of carbonyl (C=O) groups excluding carboxylic acids is 2. The fourth-order valence-electron chi connectivity index (χ4n) is 6.94. The van der Waals surface area contributed by atoms with Crippen molar-refractivity contribution >= 4 is 11.8 Å². The number of nitrogens with one attached hydrogen (secondary N) is 1. The van der Waals surface area contributed by atoms with E-state index in [2.05, 4.69) is 35.1 Å². The van der Waals surface area contributed by atoms with Crippen molar-refractivity contribution in [2.75, 3.05) is 33.8 Å². The molecular weight excluding hydrogens is 618 g/mol. The molecule has 10 heteroatoms. The van der Waals surface area contributed by atoms with Crippen LogP contribution in [0.1, 0.15) is 29.5 Å². The molecule has 3 saturated heterocycles. The van der Waals surface area contributed by atoms with Crippen molar-refractivity contribution in [3.63, 3.8) is 0 Å². The smallest absolute Gasteiger partial charge is 0.245 e. The molecular formula is C39H45N5O5. The van der Waals surface area contributed by atoms with Crippen LogP contribution in [0.5, 0.6) is 11.5 Å². The van der Waals surface area contributed by atoms with Crippen molar-refractivity contribution in [3.8, 4) is 11.5 Å². The molecule has 2 amide bonds. The SMILES string of the molecule is C=C/C=C\C(=C/C)C(CN1C[C@H]2N(C(=O)CN(C)N2C2OC2NCc2ccc(OC)cc2)[C@@H](Cc2ccc(O)cc2)C1=O)c1ccccc1. The van der Waals surface area contributed by atoms with Gasteiger partial charge in [-0.05, 0) is 53.5 Å². The van der Waals surface area contributed by atoms with Gasteiger partial charge in [-0.1, -0.05) is 85.5 Å². The van der Waals surface area contributed by atoms with Crippen LogP contribution in [0.15, 0.2) is 115 Å². The monoisotopic (exact) mass is 663 g/mol. The van der Waals surface area contributed by atoms with Crippen molar-refractivity contribution in [2.45, 2.75) is 50.5 Å². The highest BCUT2D eigenvalue weighted by Gasteiger charge is 2.56. The van der Waals surface area contributed by atoms with Gasteiger partial charge in [-0.15, -0.1) is 0 Å². The zero-order valence-corrected chi connectivity index (χ0v) is 28.3. The zero-order valence-electron chi connectivity index (χ0n) is 28.3. The highest BCUT2D eigenvalue weighted by molar-refractivity contribution is 5.90. The van der Waals surface area contributed by atoms with E-state index in [1.807, 2.05) is 90.6 Å². The highest BCUT2D eigenvalue weighted by Crippen LogP contribution is 2.36. The Labute approximate surface area is 288 Å². The van der Waals surface area contributed by atoms with Gasteiger partial charge in [0.2, 0.25) is 11.8 Å². The van der Waals surface area contributed by atoms with Gasteiger partial charge >= 0.3 is 0 Å². The third-order valence-electron chi connectivity index (χ3n) is 9.52. The van der Waals surface area contributed by atoms with Gasteiger partial charge < -0.3 is 24.4 Å². The number of hydrogen-bond donors (Lipinski definition) is 2. The van der Waals surface area contributed by atoms with Crippen molar-refractivity contribution in [2.24, 2.45) is 0 Å². The van der Waals surface area contributed by atoms with Gasteiger partial charge in [0.1, 0.15) is 23.7 Å². The average molecular weight is 664 g/mol. The number of nitrogens with zero attached hydrogens (tertiary/aromatic N) is 4. The molecule has 49 heavy (non-hydrogen) atoms. The molecule has 3 aromatic rings. The Hall–Kier alpha value is -4.74. The van der Waals surface area contributed by atoms with E-state index in [9.17, 15) is 14.7 Å². The molecule has 3 aliphatic heterocycles. The molecule has 3 aromatic carbocycles. The Kier molecular flexibility index (Phi) is 10.6. The fourth-order valence-corrected chi connectivity index (χ4v) is 6.94. The molecule has 0 radical (unpaired) electrons. The number of aromatic hydroxyl groups is 1. The van der Waals surface area contributed by atoms with Gasteiger partial charge in [0.05, 0.1) is 20.2 Å². The number of likely N-dealkylation sites (N-methyl/N-ethyl adjacent to an activating group) is 1. The lowest BCUT2D eigenvalue weighted by molar-refractivity contribution is -0.207. The number of allylic oxidation sites excluding steroid dienone is 4. The number of fused-ring (bicyclic) bond motifs is 1. The molecule has 10 nitrogen and oxygen atoms in total. The number of piperazine rings is 1. The molecule has 3 fully saturated rings. The molecule has 0 aromatic heterocycles. The Morgan fingerprint density at radius 1 is 1.06 bits per heavy atom. The summed E-state index contributed by atoms with van der Waals surface area (Å²) in [7, 11) is 3.55. The topological polar surface area (TPSA) is 101 Å². The van der Waals surface area contributed by atoms with E-state index in [4.69, 9.17) is 9.47 Å². The fraction of sp³-hybridized carbons (Fsp3) is 0.333. The van der Waals surface area contributed by atoms with Crippen molar-refractivity contribution in [1.82, 2.24) is 25.1 Å². The van der Waals surface area contributed by atoms with E-state index >= 15 is 0 Å². The second kappa shape index (κ2) is 15.2. The number of amides is 2. The van der Waals surface area contributed by atoms with Crippen LogP contribution in [0.2, 0.25) is 0 Å². The van der Waals surface area contributed by atoms with E-state index in [0.29, 0.717) is 26.1 Å². The maximum Gasteiger partial charge on any atom is 0.245 e. The summed E-state index contributed by atoms with van der Waals surface area (Å²) >= 11 is 0. The summed E-state index contributed by atoms with van der Waals surface area (Å²) < 4.78 is 11.5. The van der Waals surface area contributed by atoms with E-state index in [-0.39, 0.29) is 42.5 Å². The van der Waals surface area contributed by atoms with Gasteiger partial charge in [0, 0.05) is 32.5 Å². The Balaban J connectivity index is 1.30. The molecule has 5 atom stereocenters. The zero-order chi connectivity index (χ0) is 34.5. The maximum absolute atomic E-state index is 14.6. The van der Waals surface area contributed by atoms with Crippen LogP contribution < -0.4 is 10.1 Å². The number of carbonyl (C=O) groups is 2. The molecule has 3 aliphatic rings. The minimum atomic E-state index is -0.731. The molecule has 0 bridgehead atoms. The third-order valence-corrected chi connectivity index (χ3v) is 9.52. The first-order valence-electron chi connectivity index (χ1n) is 16.7. The maximum atomic E-state index is 14.6. The average Bonchev–Trinajstić information content (AvgIpc) is 3.89. The number of methoxy groups -OCH3 is 1. The number of phenols is 1. The number of rotatable bonds is 13. The Bertz CT molecular complexity index is 1680. The minimum absolute atomic E-state index is 0.0999. The van der Waals surface area contributed by atoms with Crippen LogP contribution in [0.4, 0.5) is 0 Å². The number of hydrazine groups is 1. The first-order chi connectivity index (χ1) is 23.8. The lowest BCUT2D eigenvalue weighted by atomic mass is 9.88. The minimum Gasteiger partial charge on any atom is -0.508 e. The number of epoxide rings is 1. The first-order valence-corrected chi connectivity index (χ1v) is 16.7. The van der Waals surface area contributed by atoms with E-state index in [1.54, 1.807) is 30.2 Å². The summed E-state index contributed by atoms with van der Waals surface area (Å²) in [5.74, 6) is 0.642. The lowest BCUT2D eigenvalue weighted by Crippen LogP contribution is -2.75. The summed E-state index contributed by atoms with van der Waals surface area (Å²) in [5, 5.41) is 17.5. The predicted molar refractivity (Wildman–Crippen MR) is 188 cm³/mol. The van der Waals surface area contributed by atoms with Gasteiger partial charge in [0.25, 0.3) is 0 Å². The molecule has 256 valence electrons. The second-order valence-electron chi connectivity index (χ2n) is 12.6.